The van der Waals surface area contributed by atoms with Crippen molar-refractivity contribution in [1.82, 2.24) is 5.32 Å². The highest BCUT2D eigenvalue weighted by atomic mass is 35.5. The molecule has 5 heteroatoms. The van der Waals surface area contributed by atoms with Gasteiger partial charge in [0.1, 0.15) is 6.61 Å². The van der Waals surface area contributed by atoms with Gasteiger partial charge in [0.15, 0.2) is 0 Å². The lowest BCUT2D eigenvalue weighted by atomic mass is 10.2. The fourth-order valence-electron chi connectivity index (χ4n) is 0.839. The Kier molecular flexibility index (Phi) is 3.94. The summed E-state index contributed by atoms with van der Waals surface area (Å²) in [6.07, 6.45) is -0.853. The van der Waals surface area contributed by atoms with Crippen LogP contribution in [0.15, 0.2) is 30.3 Å². The molecule has 0 saturated heterocycles. The van der Waals surface area contributed by atoms with Crippen molar-refractivity contribution in [3.8, 4) is 0 Å². The molecule has 1 N–H and O–H groups in total. The van der Waals surface area contributed by atoms with Gasteiger partial charge in [-0.1, -0.05) is 30.3 Å². The molecule has 1 aromatic rings. The summed E-state index contributed by atoms with van der Waals surface area (Å²) < 4.78 is 4.68. The van der Waals surface area contributed by atoms with E-state index in [0.717, 1.165) is 5.56 Å². The number of hydrogen-bond acceptors (Lipinski definition) is 3. The minimum atomic E-state index is -0.955. The first kappa shape index (κ1) is 10.5. The zero-order valence-electron chi connectivity index (χ0n) is 7.20. The van der Waals surface area contributed by atoms with E-state index in [-0.39, 0.29) is 6.61 Å². The number of hydrogen-bond donors (Lipinski definition) is 1. The number of halogens is 1. The molecule has 0 aromatic heterocycles. The van der Waals surface area contributed by atoms with E-state index in [0.29, 0.717) is 0 Å². The monoisotopic (exact) mass is 213 g/mol. The largest absolute Gasteiger partial charge is 0.444 e. The van der Waals surface area contributed by atoms with Crippen LogP contribution in [0.1, 0.15) is 5.56 Å². The zero-order chi connectivity index (χ0) is 10.4. The third-order valence-corrected chi connectivity index (χ3v) is 1.51. The molecule has 0 fully saturated rings. The van der Waals surface area contributed by atoms with E-state index in [9.17, 15) is 9.59 Å². The molecule has 0 saturated carbocycles. The van der Waals surface area contributed by atoms with Crippen molar-refractivity contribution in [2.45, 2.75) is 6.61 Å². The summed E-state index contributed by atoms with van der Waals surface area (Å²) in [5.41, 5.74) is 0.838. The molecule has 0 bridgehead atoms. The number of ether oxygens (including phenoxy) is 1. The molecular weight excluding hydrogens is 206 g/mol. The SMILES string of the molecule is O=C(Cl)NC(=O)OCc1ccccc1. The van der Waals surface area contributed by atoms with Crippen LogP contribution in [0.5, 0.6) is 0 Å². The van der Waals surface area contributed by atoms with Crippen molar-refractivity contribution < 1.29 is 14.3 Å². The van der Waals surface area contributed by atoms with Crippen LogP contribution in [0, 0.1) is 0 Å². The number of carbonyl (C=O) groups excluding carboxylic acids is 2. The summed E-state index contributed by atoms with van der Waals surface area (Å²) in [5, 5.41) is 0.823. The average Bonchev–Trinajstić information content (AvgIpc) is 2.15. The summed E-state index contributed by atoms with van der Waals surface area (Å²) >= 11 is 4.90. The first-order chi connectivity index (χ1) is 6.68. The molecule has 74 valence electrons. The summed E-state index contributed by atoms with van der Waals surface area (Å²) in [6.45, 7) is 0.108. The number of carbonyl (C=O) groups is 2. The predicted octanol–water partition coefficient (Wildman–Crippen LogP) is 2.27. The van der Waals surface area contributed by atoms with Gasteiger partial charge >= 0.3 is 11.5 Å². The standard InChI is InChI=1S/C9H8ClNO3/c10-8(12)11-9(13)14-6-7-4-2-1-3-5-7/h1-5H,6H2,(H,11,12,13). The molecule has 0 aliphatic heterocycles. The fraction of sp³-hybridized carbons (Fsp3) is 0.111. The van der Waals surface area contributed by atoms with E-state index >= 15 is 0 Å². The Labute approximate surface area is 85.8 Å². The van der Waals surface area contributed by atoms with E-state index in [1.54, 1.807) is 17.4 Å². The van der Waals surface area contributed by atoms with E-state index in [2.05, 4.69) is 4.74 Å². The maximum absolute atomic E-state index is 10.8. The highest BCUT2D eigenvalue weighted by Gasteiger charge is 2.05. The first-order valence-corrected chi connectivity index (χ1v) is 4.23. The van der Waals surface area contributed by atoms with Gasteiger partial charge in [0.25, 0.3) is 0 Å². The van der Waals surface area contributed by atoms with Crippen molar-refractivity contribution in [2.75, 3.05) is 0 Å². The second-order valence-corrected chi connectivity index (χ2v) is 2.80. The van der Waals surface area contributed by atoms with Crippen LogP contribution in [0.25, 0.3) is 0 Å². The Bertz CT molecular complexity index is 326. The van der Waals surface area contributed by atoms with E-state index in [1.165, 1.54) is 0 Å². The fourth-order valence-corrected chi connectivity index (χ4v) is 0.917. The maximum Gasteiger partial charge on any atom is 0.415 e. The van der Waals surface area contributed by atoms with Crippen LogP contribution in [-0.4, -0.2) is 11.5 Å². The molecule has 4 nitrogen and oxygen atoms in total. The first-order valence-electron chi connectivity index (χ1n) is 3.85. The molecule has 0 atom stereocenters. The van der Waals surface area contributed by atoms with Crippen LogP contribution >= 0.6 is 11.6 Å². The highest BCUT2D eigenvalue weighted by Crippen LogP contribution is 2.00. The number of rotatable bonds is 2. The van der Waals surface area contributed by atoms with Crippen LogP contribution in [0.2, 0.25) is 0 Å². The van der Waals surface area contributed by atoms with Crippen molar-refractivity contribution in [2.24, 2.45) is 0 Å². The molecule has 1 rings (SSSR count). The molecule has 0 spiro atoms. The van der Waals surface area contributed by atoms with Gasteiger partial charge in [-0.25, -0.2) is 10.1 Å². The normalized spacial score (nSPS) is 9.21. The number of nitrogens with one attached hydrogen (secondary N) is 1. The van der Waals surface area contributed by atoms with Crippen molar-refractivity contribution in [3.63, 3.8) is 0 Å². The predicted molar refractivity (Wildman–Crippen MR) is 51.0 cm³/mol. The lowest BCUT2D eigenvalue weighted by molar-refractivity contribution is 0.142. The Morgan fingerprint density at radius 1 is 1.29 bits per heavy atom. The smallest absolute Gasteiger partial charge is 0.415 e. The van der Waals surface area contributed by atoms with Crippen molar-refractivity contribution in [1.29, 1.82) is 0 Å². The van der Waals surface area contributed by atoms with Gasteiger partial charge in [0.2, 0.25) is 0 Å². The number of alkyl carbamates (subject to hydrolysis) is 1. The Hall–Kier alpha value is -1.55. The molecule has 2 amide bonds. The quantitative estimate of drug-likeness (QED) is 0.606. The summed E-state index contributed by atoms with van der Waals surface area (Å²) in [5.74, 6) is 0. The Morgan fingerprint density at radius 2 is 1.93 bits per heavy atom. The van der Waals surface area contributed by atoms with Crippen molar-refractivity contribution >= 4 is 23.1 Å². The number of imide groups is 1. The molecular formula is C9H8ClNO3. The molecule has 0 heterocycles. The van der Waals surface area contributed by atoms with Crippen LogP contribution in [0.3, 0.4) is 0 Å². The van der Waals surface area contributed by atoms with Gasteiger partial charge in [0, 0.05) is 0 Å². The second kappa shape index (κ2) is 5.24. The lowest BCUT2D eigenvalue weighted by Gasteiger charge is -2.03. The molecule has 0 aliphatic rings. The van der Waals surface area contributed by atoms with Gasteiger partial charge in [-0.3, -0.25) is 4.79 Å². The van der Waals surface area contributed by atoms with Gasteiger partial charge in [0.05, 0.1) is 0 Å². The molecule has 0 aliphatic carbocycles. The molecule has 1 aromatic carbocycles. The number of amides is 2. The maximum atomic E-state index is 10.8. The third-order valence-electron chi connectivity index (χ3n) is 1.41. The molecule has 0 unspecified atom stereocenters. The van der Waals surface area contributed by atoms with E-state index in [4.69, 9.17) is 11.6 Å². The minimum absolute atomic E-state index is 0.108. The van der Waals surface area contributed by atoms with Crippen LogP contribution in [0.4, 0.5) is 9.59 Å². The Morgan fingerprint density at radius 3 is 2.50 bits per heavy atom. The summed E-state index contributed by atoms with van der Waals surface area (Å²) in [4.78, 5) is 21.0. The summed E-state index contributed by atoms with van der Waals surface area (Å²) in [7, 11) is 0. The van der Waals surface area contributed by atoms with Crippen molar-refractivity contribution in [3.05, 3.63) is 35.9 Å². The minimum Gasteiger partial charge on any atom is -0.444 e. The van der Waals surface area contributed by atoms with Gasteiger partial charge in [-0.2, -0.15) is 0 Å². The zero-order valence-corrected chi connectivity index (χ0v) is 7.95. The molecule has 0 radical (unpaired) electrons. The van der Waals surface area contributed by atoms with Gasteiger partial charge in [-0.05, 0) is 17.2 Å². The van der Waals surface area contributed by atoms with Gasteiger partial charge < -0.3 is 4.74 Å². The summed E-state index contributed by atoms with van der Waals surface area (Å²) in [6, 6.07) is 9.10. The topological polar surface area (TPSA) is 55.4 Å². The lowest BCUT2D eigenvalue weighted by Crippen LogP contribution is -2.26. The van der Waals surface area contributed by atoms with E-state index < -0.39 is 11.5 Å². The third kappa shape index (κ3) is 3.91. The number of benzene rings is 1. The Balaban J connectivity index is 2.34. The highest BCUT2D eigenvalue weighted by molar-refractivity contribution is 6.64. The van der Waals surface area contributed by atoms with E-state index in [1.807, 2.05) is 18.2 Å². The van der Waals surface area contributed by atoms with Crippen LogP contribution < -0.4 is 5.32 Å². The second-order valence-electron chi connectivity index (χ2n) is 2.46. The average molecular weight is 214 g/mol. The van der Waals surface area contributed by atoms with Crippen LogP contribution in [-0.2, 0) is 11.3 Å². The molecule has 14 heavy (non-hydrogen) atoms. The van der Waals surface area contributed by atoms with Gasteiger partial charge in [-0.15, -0.1) is 0 Å².